The Labute approximate surface area is 149 Å². The van der Waals surface area contributed by atoms with E-state index in [0.717, 1.165) is 9.15 Å². The van der Waals surface area contributed by atoms with Crippen LogP contribution < -0.4 is 0 Å². The van der Waals surface area contributed by atoms with Crippen molar-refractivity contribution in [2.75, 3.05) is 0 Å². The van der Waals surface area contributed by atoms with Gasteiger partial charge in [-0.05, 0) is 85.3 Å². The Kier molecular flexibility index (Phi) is 7.35. The van der Waals surface area contributed by atoms with Gasteiger partial charge >= 0.3 is 0 Å². The number of nitrogens with zero attached hydrogens (tertiary/aromatic N) is 1. The Morgan fingerprint density at radius 2 is 1.95 bits per heavy atom. The second-order valence-electron chi connectivity index (χ2n) is 6.65. The lowest BCUT2D eigenvalue weighted by atomic mass is 9.72. The standard InChI is InChI=1S/C20H26IN/c1-15(9-11-19(21)17(3)12-14-22)8-10-18-16(2)7-6-13-20(18,4)5/h8-12H,6-7,13H2,1-5H3/b10-8+,15-9+,17-12+,19-11-. The molecule has 0 aromatic rings. The van der Waals surface area contributed by atoms with Crippen LogP contribution in [0.25, 0.3) is 0 Å². The second-order valence-corrected chi connectivity index (χ2v) is 7.81. The second kappa shape index (κ2) is 8.53. The van der Waals surface area contributed by atoms with E-state index in [9.17, 15) is 0 Å². The van der Waals surface area contributed by atoms with E-state index in [-0.39, 0.29) is 5.41 Å². The van der Waals surface area contributed by atoms with Crippen molar-refractivity contribution in [1.29, 1.82) is 5.26 Å². The SMILES string of the molecule is CC1=C(/C=C/C(C)=C/C=C(I)/C(C)=C/C#N)C(C)(C)CCC1. The van der Waals surface area contributed by atoms with Crippen LogP contribution in [0.5, 0.6) is 0 Å². The first kappa shape index (κ1) is 19.0. The van der Waals surface area contributed by atoms with Gasteiger partial charge in [-0.25, -0.2) is 0 Å². The fourth-order valence-electron chi connectivity index (χ4n) is 2.78. The molecule has 118 valence electrons. The van der Waals surface area contributed by atoms with Crippen LogP contribution >= 0.6 is 22.6 Å². The molecular weight excluding hydrogens is 381 g/mol. The molecule has 0 aromatic heterocycles. The molecule has 22 heavy (non-hydrogen) atoms. The van der Waals surface area contributed by atoms with Gasteiger partial charge in [0.1, 0.15) is 0 Å². The van der Waals surface area contributed by atoms with Crippen molar-refractivity contribution in [3.05, 3.63) is 56.3 Å². The molecule has 0 unspecified atom stereocenters. The number of allylic oxidation sites excluding steroid dienone is 10. The molecule has 0 bridgehead atoms. The van der Waals surface area contributed by atoms with Crippen molar-refractivity contribution in [2.24, 2.45) is 5.41 Å². The normalized spacial score (nSPS) is 20.5. The lowest BCUT2D eigenvalue weighted by molar-refractivity contribution is 0.377. The Hall–Kier alpha value is -1.08. The maximum Gasteiger partial charge on any atom is 0.0915 e. The smallest absolute Gasteiger partial charge is 0.0915 e. The van der Waals surface area contributed by atoms with Crippen molar-refractivity contribution < 1.29 is 0 Å². The highest BCUT2D eigenvalue weighted by molar-refractivity contribution is 14.1. The third-order valence-electron chi connectivity index (χ3n) is 4.21. The van der Waals surface area contributed by atoms with Crippen molar-refractivity contribution >= 4 is 22.6 Å². The van der Waals surface area contributed by atoms with E-state index in [2.05, 4.69) is 80.7 Å². The quantitative estimate of drug-likeness (QED) is 0.286. The number of nitriles is 1. The lowest BCUT2D eigenvalue weighted by Crippen LogP contribution is -2.19. The fourth-order valence-corrected chi connectivity index (χ4v) is 3.12. The molecule has 1 nitrogen and oxygen atoms in total. The molecule has 0 saturated heterocycles. The maximum atomic E-state index is 8.68. The number of rotatable bonds is 4. The van der Waals surface area contributed by atoms with Gasteiger partial charge < -0.3 is 0 Å². The summed E-state index contributed by atoms with van der Waals surface area (Å²) in [5.74, 6) is 0. The summed E-state index contributed by atoms with van der Waals surface area (Å²) in [6.07, 6.45) is 14.0. The van der Waals surface area contributed by atoms with Gasteiger partial charge in [0.15, 0.2) is 0 Å². The fraction of sp³-hybridized carbons (Fsp3) is 0.450. The summed E-state index contributed by atoms with van der Waals surface area (Å²) in [4.78, 5) is 0. The zero-order valence-corrected chi connectivity index (χ0v) is 16.5. The van der Waals surface area contributed by atoms with Crippen LogP contribution in [0, 0.1) is 16.7 Å². The average Bonchev–Trinajstić information content (AvgIpc) is 2.43. The summed E-state index contributed by atoms with van der Waals surface area (Å²) in [6, 6.07) is 2.07. The Morgan fingerprint density at radius 1 is 1.27 bits per heavy atom. The molecule has 0 fully saturated rings. The zero-order valence-electron chi connectivity index (χ0n) is 14.3. The van der Waals surface area contributed by atoms with Crippen LogP contribution in [0.2, 0.25) is 0 Å². The third-order valence-corrected chi connectivity index (χ3v) is 5.42. The van der Waals surface area contributed by atoms with Gasteiger partial charge in [-0.3, -0.25) is 0 Å². The van der Waals surface area contributed by atoms with Crippen molar-refractivity contribution in [3.63, 3.8) is 0 Å². The van der Waals surface area contributed by atoms with Gasteiger partial charge in [0.05, 0.1) is 6.07 Å². The van der Waals surface area contributed by atoms with Crippen LogP contribution in [0.1, 0.15) is 53.9 Å². The van der Waals surface area contributed by atoms with E-state index in [1.165, 1.54) is 36.0 Å². The average molecular weight is 407 g/mol. The summed E-state index contributed by atoms with van der Waals surface area (Å²) in [5.41, 5.74) is 5.53. The monoisotopic (exact) mass is 407 g/mol. The van der Waals surface area contributed by atoms with Gasteiger partial charge in [-0.2, -0.15) is 5.26 Å². The highest BCUT2D eigenvalue weighted by atomic mass is 127. The van der Waals surface area contributed by atoms with E-state index in [1.807, 2.05) is 6.92 Å². The van der Waals surface area contributed by atoms with Crippen LogP contribution in [-0.2, 0) is 0 Å². The van der Waals surface area contributed by atoms with Gasteiger partial charge in [-0.1, -0.05) is 43.2 Å². The summed E-state index contributed by atoms with van der Waals surface area (Å²) in [7, 11) is 0. The minimum atomic E-state index is 0.287. The molecular formula is C20H26IN. The van der Waals surface area contributed by atoms with Gasteiger partial charge in [0.25, 0.3) is 0 Å². The molecule has 2 heteroatoms. The minimum absolute atomic E-state index is 0.287. The number of halogens is 1. The van der Waals surface area contributed by atoms with Crippen LogP contribution in [0.3, 0.4) is 0 Å². The van der Waals surface area contributed by atoms with Gasteiger partial charge in [-0.15, -0.1) is 0 Å². The van der Waals surface area contributed by atoms with Crippen molar-refractivity contribution in [3.8, 4) is 6.07 Å². The Morgan fingerprint density at radius 3 is 2.55 bits per heavy atom. The first-order valence-electron chi connectivity index (χ1n) is 7.77. The summed E-state index contributed by atoms with van der Waals surface area (Å²) in [6.45, 7) is 11.0. The van der Waals surface area contributed by atoms with Gasteiger partial charge in [0, 0.05) is 9.66 Å². The molecule has 0 radical (unpaired) electrons. The molecule has 0 spiro atoms. The summed E-state index contributed by atoms with van der Waals surface area (Å²) in [5, 5.41) is 8.68. The largest absolute Gasteiger partial charge is 0.193 e. The predicted molar refractivity (Wildman–Crippen MR) is 105 cm³/mol. The zero-order chi connectivity index (χ0) is 16.8. The summed E-state index contributed by atoms with van der Waals surface area (Å²) < 4.78 is 1.10. The van der Waals surface area contributed by atoms with Crippen LogP contribution in [0.4, 0.5) is 0 Å². The highest BCUT2D eigenvalue weighted by Gasteiger charge is 2.26. The maximum absolute atomic E-state index is 8.68. The molecule has 0 saturated carbocycles. The predicted octanol–water partition coefficient (Wildman–Crippen LogP) is 6.80. The minimum Gasteiger partial charge on any atom is -0.193 e. The van der Waals surface area contributed by atoms with E-state index < -0.39 is 0 Å². The van der Waals surface area contributed by atoms with Gasteiger partial charge in [0.2, 0.25) is 0 Å². The molecule has 1 aliphatic carbocycles. The first-order chi connectivity index (χ1) is 10.3. The first-order valence-corrected chi connectivity index (χ1v) is 8.85. The summed E-state index contributed by atoms with van der Waals surface area (Å²) >= 11 is 2.27. The highest BCUT2D eigenvalue weighted by Crippen LogP contribution is 2.40. The van der Waals surface area contributed by atoms with Crippen LogP contribution in [-0.4, -0.2) is 0 Å². The topological polar surface area (TPSA) is 23.8 Å². The third kappa shape index (κ3) is 5.61. The molecule has 0 N–H and O–H groups in total. The number of hydrogen-bond donors (Lipinski definition) is 0. The van der Waals surface area contributed by atoms with Crippen molar-refractivity contribution in [2.45, 2.75) is 53.9 Å². The van der Waals surface area contributed by atoms with E-state index in [4.69, 9.17) is 5.26 Å². The van der Waals surface area contributed by atoms with Crippen molar-refractivity contribution in [1.82, 2.24) is 0 Å². The van der Waals surface area contributed by atoms with E-state index >= 15 is 0 Å². The molecule has 0 amide bonds. The van der Waals surface area contributed by atoms with Crippen LogP contribution in [0.15, 0.2) is 56.3 Å². The molecule has 0 atom stereocenters. The molecule has 0 aromatic carbocycles. The molecule has 1 aliphatic rings. The number of hydrogen-bond acceptors (Lipinski definition) is 1. The molecule has 0 heterocycles. The van der Waals surface area contributed by atoms with E-state index in [1.54, 1.807) is 6.08 Å². The Bertz CT molecular complexity index is 604. The molecule has 0 aliphatic heterocycles. The lowest BCUT2D eigenvalue weighted by Gasteiger charge is -2.32. The van der Waals surface area contributed by atoms with E-state index in [0.29, 0.717) is 0 Å². The Balaban J connectivity index is 2.90. The molecule has 1 rings (SSSR count).